The Balaban J connectivity index is 4.31. The molecule has 0 unspecified atom stereocenters. The number of rotatable bonds is 17. The lowest BCUT2D eigenvalue weighted by Gasteiger charge is -2.28. The number of ether oxygens (including phenoxy) is 2. The van der Waals surface area contributed by atoms with E-state index in [2.05, 4.69) is 49.0 Å². The first-order valence-corrected chi connectivity index (χ1v) is 10.1. The van der Waals surface area contributed by atoms with E-state index in [9.17, 15) is 9.59 Å². The molecule has 0 amide bonds. The van der Waals surface area contributed by atoms with Crippen molar-refractivity contribution in [2.75, 3.05) is 72.1 Å². The molecule has 0 radical (unpaired) electrons. The second kappa shape index (κ2) is 16.7. The maximum absolute atomic E-state index is 11.9. The van der Waals surface area contributed by atoms with Crippen LogP contribution in [0.1, 0.15) is 34.1 Å². The van der Waals surface area contributed by atoms with E-state index in [-0.39, 0.29) is 19.2 Å². The topological polar surface area (TPSA) is 62.3 Å². The normalized spacial score (nSPS) is 11.2. The van der Waals surface area contributed by atoms with E-state index in [4.69, 9.17) is 9.47 Å². The van der Waals surface area contributed by atoms with Gasteiger partial charge in [-0.05, 0) is 26.2 Å². The van der Waals surface area contributed by atoms with Gasteiger partial charge in [-0.15, -0.1) is 0 Å². The first-order chi connectivity index (χ1) is 13.0. The van der Waals surface area contributed by atoms with Gasteiger partial charge < -0.3 is 24.2 Å². The van der Waals surface area contributed by atoms with Crippen LogP contribution in [0.3, 0.4) is 0 Å². The lowest BCUT2D eigenvalue weighted by Crippen LogP contribution is -2.40. The summed E-state index contributed by atoms with van der Waals surface area (Å²) in [7, 11) is 0. The maximum atomic E-state index is 11.9. The van der Waals surface area contributed by atoms with Crippen LogP contribution < -0.4 is 0 Å². The Kier molecular flexibility index (Phi) is 15.8. The molecule has 0 saturated heterocycles. The molecule has 0 aromatic heterocycles. The third kappa shape index (κ3) is 13.4. The van der Waals surface area contributed by atoms with Crippen LogP contribution >= 0.6 is 0 Å². The second-order valence-electron chi connectivity index (χ2n) is 6.24. The van der Waals surface area contributed by atoms with Crippen LogP contribution in [-0.2, 0) is 19.1 Å². The van der Waals surface area contributed by atoms with E-state index in [1.54, 1.807) is 0 Å². The summed E-state index contributed by atoms with van der Waals surface area (Å²) in [5, 5.41) is 0. The fourth-order valence-corrected chi connectivity index (χ4v) is 2.66. The molecule has 0 aromatic carbocycles. The Morgan fingerprint density at radius 3 is 1.63 bits per heavy atom. The van der Waals surface area contributed by atoms with Gasteiger partial charge in [-0.3, -0.25) is 4.79 Å². The summed E-state index contributed by atoms with van der Waals surface area (Å²) >= 11 is 0. The van der Waals surface area contributed by atoms with Crippen LogP contribution in [0.2, 0.25) is 0 Å². The van der Waals surface area contributed by atoms with E-state index >= 15 is 0 Å². The molecule has 0 bridgehead atoms. The van der Waals surface area contributed by atoms with Crippen molar-refractivity contribution in [1.29, 1.82) is 0 Å². The van der Waals surface area contributed by atoms with Crippen LogP contribution in [0.5, 0.6) is 0 Å². The van der Waals surface area contributed by atoms with Crippen molar-refractivity contribution in [3.8, 4) is 0 Å². The highest BCUT2D eigenvalue weighted by Gasteiger charge is 2.12. The van der Waals surface area contributed by atoms with Crippen LogP contribution in [0.15, 0.2) is 12.7 Å². The first kappa shape index (κ1) is 25.6. The molecule has 0 rings (SSSR count). The van der Waals surface area contributed by atoms with Gasteiger partial charge in [-0.2, -0.15) is 0 Å². The predicted molar refractivity (Wildman–Crippen MR) is 109 cm³/mol. The van der Waals surface area contributed by atoms with Gasteiger partial charge in [-0.1, -0.05) is 34.3 Å². The van der Waals surface area contributed by atoms with Gasteiger partial charge in [0, 0.05) is 38.8 Å². The molecule has 7 heteroatoms. The zero-order chi connectivity index (χ0) is 20.5. The molecule has 27 heavy (non-hydrogen) atoms. The fraction of sp³-hybridized carbons (Fsp3) is 0.800. The van der Waals surface area contributed by atoms with Crippen molar-refractivity contribution in [3.63, 3.8) is 0 Å². The molecule has 0 aliphatic carbocycles. The minimum Gasteiger partial charge on any atom is -0.462 e. The summed E-state index contributed by atoms with van der Waals surface area (Å²) < 4.78 is 9.92. The zero-order valence-electron chi connectivity index (χ0n) is 17.7. The fourth-order valence-electron chi connectivity index (χ4n) is 2.66. The van der Waals surface area contributed by atoms with E-state index in [1.807, 2.05) is 0 Å². The molecule has 0 aromatic rings. The van der Waals surface area contributed by atoms with Crippen molar-refractivity contribution < 1.29 is 19.1 Å². The van der Waals surface area contributed by atoms with Gasteiger partial charge in [0.15, 0.2) is 0 Å². The molecular formula is C20H39N3O4. The monoisotopic (exact) mass is 385 g/mol. The number of esters is 2. The van der Waals surface area contributed by atoms with Crippen molar-refractivity contribution >= 4 is 11.9 Å². The molecule has 0 N–H and O–H groups in total. The SMILES string of the molecule is C=CC(=O)OCCOC(=O)CCN(CCN(CC)CC)CCN(CC)CC. The highest BCUT2D eigenvalue weighted by Crippen LogP contribution is 1.99. The Labute approximate surface area is 165 Å². The summed E-state index contributed by atoms with van der Waals surface area (Å²) in [6.45, 7) is 20.8. The Morgan fingerprint density at radius 1 is 0.741 bits per heavy atom. The van der Waals surface area contributed by atoms with E-state index in [0.29, 0.717) is 13.0 Å². The minimum atomic E-state index is -0.509. The third-order valence-electron chi connectivity index (χ3n) is 4.64. The molecule has 0 fully saturated rings. The van der Waals surface area contributed by atoms with Gasteiger partial charge in [-0.25, -0.2) is 4.79 Å². The van der Waals surface area contributed by atoms with E-state index in [1.165, 1.54) is 0 Å². The average Bonchev–Trinajstić information content (AvgIpc) is 2.69. The van der Waals surface area contributed by atoms with Gasteiger partial charge in [0.25, 0.3) is 0 Å². The molecule has 0 atom stereocenters. The van der Waals surface area contributed by atoms with Gasteiger partial charge in [0.2, 0.25) is 0 Å². The molecule has 0 spiro atoms. The lowest BCUT2D eigenvalue weighted by atomic mass is 10.3. The van der Waals surface area contributed by atoms with Crippen molar-refractivity contribution in [2.45, 2.75) is 34.1 Å². The number of hydrogen-bond donors (Lipinski definition) is 0. The Hall–Kier alpha value is -1.44. The van der Waals surface area contributed by atoms with Crippen molar-refractivity contribution in [3.05, 3.63) is 12.7 Å². The zero-order valence-corrected chi connectivity index (χ0v) is 17.7. The maximum Gasteiger partial charge on any atom is 0.330 e. The molecule has 0 aliphatic heterocycles. The molecule has 7 nitrogen and oxygen atoms in total. The van der Waals surface area contributed by atoms with Crippen LogP contribution in [0.25, 0.3) is 0 Å². The Morgan fingerprint density at radius 2 is 1.19 bits per heavy atom. The summed E-state index contributed by atoms with van der Waals surface area (Å²) in [5.74, 6) is -0.773. The lowest BCUT2D eigenvalue weighted by molar-refractivity contribution is -0.149. The standard InChI is InChI=1S/C20H39N3O4/c1-6-19(24)26-17-18-27-20(25)11-12-23(15-13-21(7-2)8-3)16-14-22(9-4)10-5/h6H,1,7-18H2,2-5H3. The van der Waals surface area contributed by atoms with Crippen LogP contribution in [0, 0.1) is 0 Å². The van der Waals surface area contributed by atoms with Crippen LogP contribution in [-0.4, -0.2) is 98.8 Å². The quantitative estimate of drug-likeness (QED) is 0.214. The summed E-state index contributed by atoms with van der Waals surface area (Å²) in [6.07, 6.45) is 1.43. The molecule has 0 saturated carbocycles. The smallest absolute Gasteiger partial charge is 0.330 e. The predicted octanol–water partition coefficient (Wildman–Crippen LogP) is 1.63. The Bertz CT molecular complexity index is 394. The van der Waals surface area contributed by atoms with Gasteiger partial charge in [0.05, 0.1) is 6.42 Å². The minimum absolute atomic E-state index is 0.0597. The van der Waals surface area contributed by atoms with Crippen molar-refractivity contribution in [2.24, 2.45) is 0 Å². The van der Waals surface area contributed by atoms with Crippen LogP contribution in [0.4, 0.5) is 0 Å². The third-order valence-corrected chi connectivity index (χ3v) is 4.64. The average molecular weight is 386 g/mol. The number of nitrogens with zero attached hydrogens (tertiary/aromatic N) is 3. The summed E-state index contributed by atoms with van der Waals surface area (Å²) in [4.78, 5) is 30.0. The number of carbonyl (C=O) groups excluding carboxylic acids is 2. The van der Waals surface area contributed by atoms with E-state index < -0.39 is 5.97 Å². The van der Waals surface area contributed by atoms with Gasteiger partial charge >= 0.3 is 11.9 Å². The van der Waals surface area contributed by atoms with Crippen molar-refractivity contribution in [1.82, 2.24) is 14.7 Å². The summed E-state index contributed by atoms with van der Waals surface area (Å²) in [6, 6.07) is 0. The number of hydrogen-bond acceptors (Lipinski definition) is 7. The molecule has 0 heterocycles. The molecule has 0 aliphatic rings. The second-order valence-corrected chi connectivity index (χ2v) is 6.24. The number of carbonyl (C=O) groups is 2. The largest absolute Gasteiger partial charge is 0.462 e. The van der Waals surface area contributed by atoms with E-state index in [0.717, 1.165) is 58.4 Å². The summed E-state index contributed by atoms with van der Waals surface area (Å²) in [5.41, 5.74) is 0. The van der Waals surface area contributed by atoms with Gasteiger partial charge in [0.1, 0.15) is 13.2 Å². The highest BCUT2D eigenvalue weighted by atomic mass is 16.6. The molecule has 158 valence electrons. The number of likely N-dealkylation sites (N-methyl/N-ethyl adjacent to an activating group) is 2. The first-order valence-electron chi connectivity index (χ1n) is 10.1. The molecular weight excluding hydrogens is 346 g/mol. The highest BCUT2D eigenvalue weighted by molar-refractivity contribution is 5.81.